The fraction of sp³-hybridized carbons (Fsp3) is 0.800. The van der Waals surface area contributed by atoms with Crippen LogP contribution in [-0.2, 0) is 0 Å². The lowest BCUT2D eigenvalue weighted by atomic mass is 10.0. The fourth-order valence-electron chi connectivity index (χ4n) is 3.23. The molecule has 0 saturated carbocycles. The number of nitrogens with one attached hydrogen (secondary N) is 1. The molecule has 21 heavy (non-hydrogen) atoms. The Morgan fingerprint density at radius 2 is 2.05 bits per heavy atom. The maximum Gasteiger partial charge on any atom is 0.0715 e. The summed E-state index contributed by atoms with van der Waals surface area (Å²) in [5, 5.41) is 8.07. The van der Waals surface area contributed by atoms with Crippen molar-refractivity contribution in [1.82, 2.24) is 24.9 Å². The van der Waals surface area contributed by atoms with Gasteiger partial charge in [0.2, 0.25) is 0 Å². The summed E-state index contributed by atoms with van der Waals surface area (Å²) >= 11 is 3.69. The Hall–Kier alpha value is -0.430. The molecule has 5 nitrogen and oxygen atoms in total. The van der Waals surface area contributed by atoms with Gasteiger partial charge in [0.15, 0.2) is 0 Å². The molecule has 1 aromatic heterocycles. The van der Waals surface area contributed by atoms with Crippen LogP contribution < -0.4 is 5.32 Å². The van der Waals surface area contributed by atoms with Crippen molar-refractivity contribution in [1.29, 1.82) is 0 Å². The third-order valence-corrected chi connectivity index (χ3v) is 4.99. The summed E-state index contributed by atoms with van der Waals surface area (Å²) < 4.78 is 3.22. The average molecular weight is 358 g/mol. The number of likely N-dealkylation sites (N-methyl/N-ethyl adjacent to an activating group) is 3. The molecular weight excluding hydrogens is 330 g/mol. The average Bonchev–Trinajstić information content (AvgIpc) is 2.72. The third-order valence-electron chi connectivity index (χ3n) is 4.38. The molecule has 0 aromatic carbocycles. The van der Waals surface area contributed by atoms with Crippen molar-refractivity contribution in [2.75, 3.05) is 40.8 Å². The Balaban J connectivity index is 2.36. The lowest BCUT2D eigenvalue weighted by Crippen LogP contribution is -2.47. The number of aromatic nitrogens is 2. The molecule has 2 unspecified atom stereocenters. The molecule has 0 aliphatic carbocycles. The minimum absolute atomic E-state index is 0.259. The smallest absolute Gasteiger partial charge is 0.0715 e. The van der Waals surface area contributed by atoms with E-state index in [1.807, 2.05) is 13.2 Å². The first-order chi connectivity index (χ1) is 9.95. The standard InChI is InChI=1S/C15H28BrN5/c1-11(2)21-15(12(16)9-18-21)14(17-3)13-10-19(4)7-6-8-20(13)5/h9,11,13-14,17H,6-8,10H2,1-5H3. The molecule has 1 aliphatic rings. The second-order valence-electron chi connectivity index (χ2n) is 6.35. The summed E-state index contributed by atoms with van der Waals surface area (Å²) in [6.45, 7) is 7.73. The van der Waals surface area contributed by atoms with Crippen LogP contribution >= 0.6 is 15.9 Å². The summed E-state index contributed by atoms with van der Waals surface area (Å²) in [6.07, 6.45) is 3.14. The van der Waals surface area contributed by atoms with Crippen LogP contribution in [0.4, 0.5) is 0 Å². The summed E-state index contributed by atoms with van der Waals surface area (Å²) in [5.74, 6) is 0. The van der Waals surface area contributed by atoms with Gasteiger partial charge >= 0.3 is 0 Å². The van der Waals surface area contributed by atoms with Gasteiger partial charge in [-0.2, -0.15) is 5.10 Å². The molecule has 0 amide bonds. The highest BCUT2D eigenvalue weighted by Crippen LogP contribution is 2.30. The third kappa shape index (κ3) is 3.67. The number of hydrogen-bond acceptors (Lipinski definition) is 4. The molecule has 120 valence electrons. The SMILES string of the molecule is CNC(c1c(Br)cnn1C(C)C)C1CN(C)CCCN1C. The molecule has 2 heterocycles. The van der Waals surface area contributed by atoms with Crippen LogP contribution in [0.1, 0.15) is 38.0 Å². The molecule has 6 heteroatoms. The van der Waals surface area contributed by atoms with E-state index >= 15 is 0 Å². The summed E-state index contributed by atoms with van der Waals surface area (Å²) in [7, 11) is 6.50. The van der Waals surface area contributed by atoms with E-state index in [4.69, 9.17) is 0 Å². The van der Waals surface area contributed by atoms with Crippen molar-refractivity contribution in [3.05, 3.63) is 16.4 Å². The van der Waals surface area contributed by atoms with Gasteiger partial charge in [0.05, 0.1) is 22.4 Å². The van der Waals surface area contributed by atoms with Crippen molar-refractivity contribution in [3.63, 3.8) is 0 Å². The molecule has 2 atom stereocenters. The predicted octanol–water partition coefficient (Wildman–Crippen LogP) is 2.12. The Bertz CT molecular complexity index is 459. The minimum Gasteiger partial charge on any atom is -0.310 e. The second kappa shape index (κ2) is 7.22. The van der Waals surface area contributed by atoms with Crippen molar-refractivity contribution >= 4 is 15.9 Å². The van der Waals surface area contributed by atoms with Gasteiger partial charge in [-0.1, -0.05) is 0 Å². The van der Waals surface area contributed by atoms with Gasteiger partial charge in [-0.05, 0) is 70.4 Å². The maximum absolute atomic E-state index is 4.54. The van der Waals surface area contributed by atoms with E-state index in [2.05, 4.69) is 68.8 Å². The van der Waals surface area contributed by atoms with Gasteiger partial charge < -0.3 is 15.1 Å². The molecule has 0 bridgehead atoms. The topological polar surface area (TPSA) is 36.3 Å². The van der Waals surface area contributed by atoms with E-state index in [0.29, 0.717) is 12.1 Å². The van der Waals surface area contributed by atoms with Crippen LogP contribution in [0, 0.1) is 0 Å². The first-order valence-corrected chi connectivity index (χ1v) is 8.54. The van der Waals surface area contributed by atoms with Crippen molar-refractivity contribution in [3.8, 4) is 0 Å². The molecule has 2 rings (SSSR count). The summed E-state index contributed by atoms with van der Waals surface area (Å²) in [6, 6.07) is 1.05. The quantitative estimate of drug-likeness (QED) is 0.895. The zero-order valence-corrected chi connectivity index (χ0v) is 15.4. The van der Waals surface area contributed by atoms with E-state index in [1.165, 1.54) is 18.7 Å². The van der Waals surface area contributed by atoms with E-state index in [1.54, 1.807) is 0 Å². The lowest BCUT2D eigenvalue weighted by Gasteiger charge is -2.35. The van der Waals surface area contributed by atoms with Gasteiger partial charge in [0.25, 0.3) is 0 Å². The normalized spacial score (nSPS) is 23.5. The molecule has 0 spiro atoms. The lowest BCUT2D eigenvalue weighted by molar-refractivity contribution is 0.176. The number of nitrogens with zero attached hydrogens (tertiary/aromatic N) is 4. The summed E-state index contributed by atoms with van der Waals surface area (Å²) in [5.41, 5.74) is 1.25. The van der Waals surface area contributed by atoms with Crippen LogP contribution in [-0.4, -0.2) is 66.4 Å². The van der Waals surface area contributed by atoms with Crippen molar-refractivity contribution in [2.45, 2.75) is 38.4 Å². The molecule has 0 radical (unpaired) electrons. The largest absolute Gasteiger partial charge is 0.310 e. The van der Waals surface area contributed by atoms with Crippen LogP contribution in [0.2, 0.25) is 0 Å². The molecular formula is C15H28BrN5. The molecule has 1 aliphatic heterocycles. The number of rotatable bonds is 4. The Labute approximate surface area is 136 Å². The Kier molecular flexibility index (Phi) is 5.82. The summed E-state index contributed by atoms with van der Waals surface area (Å²) in [4.78, 5) is 4.91. The van der Waals surface area contributed by atoms with Gasteiger partial charge in [-0.15, -0.1) is 0 Å². The number of hydrogen-bond donors (Lipinski definition) is 1. The van der Waals surface area contributed by atoms with Crippen molar-refractivity contribution < 1.29 is 0 Å². The minimum atomic E-state index is 0.259. The molecule has 1 aromatic rings. The Morgan fingerprint density at radius 1 is 1.33 bits per heavy atom. The van der Waals surface area contributed by atoms with Crippen LogP contribution in [0.3, 0.4) is 0 Å². The maximum atomic E-state index is 4.54. The van der Waals surface area contributed by atoms with E-state index in [0.717, 1.165) is 17.6 Å². The zero-order chi connectivity index (χ0) is 15.6. The highest BCUT2D eigenvalue weighted by Gasteiger charge is 2.32. The fourth-order valence-corrected chi connectivity index (χ4v) is 3.75. The van der Waals surface area contributed by atoms with Gasteiger partial charge in [0.1, 0.15) is 0 Å². The highest BCUT2D eigenvalue weighted by atomic mass is 79.9. The zero-order valence-electron chi connectivity index (χ0n) is 13.8. The first kappa shape index (κ1) is 16.9. The van der Waals surface area contributed by atoms with Crippen LogP contribution in [0.25, 0.3) is 0 Å². The molecule has 1 N–H and O–H groups in total. The van der Waals surface area contributed by atoms with Gasteiger partial charge in [-0.3, -0.25) is 4.68 Å². The van der Waals surface area contributed by atoms with Crippen molar-refractivity contribution in [2.24, 2.45) is 0 Å². The molecule has 1 fully saturated rings. The van der Waals surface area contributed by atoms with Crippen LogP contribution in [0.5, 0.6) is 0 Å². The monoisotopic (exact) mass is 357 g/mol. The predicted molar refractivity (Wildman–Crippen MR) is 90.6 cm³/mol. The van der Waals surface area contributed by atoms with E-state index in [-0.39, 0.29) is 6.04 Å². The molecule has 1 saturated heterocycles. The Morgan fingerprint density at radius 3 is 2.67 bits per heavy atom. The van der Waals surface area contributed by atoms with Gasteiger partial charge in [0, 0.05) is 18.6 Å². The number of halogens is 1. The van der Waals surface area contributed by atoms with E-state index < -0.39 is 0 Å². The second-order valence-corrected chi connectivity index (χ2v) is 7.20. The van der Waals surface area contributed by atoms with Gasteiger partial charge in [-0.25, -0.2) is 0 Å². The highest BCUT2D eigenvalue weighted by molar-refractivity contribution is 9.10. The van der Waals surface area contributed by atoms with Crippen LogP contribution in [0.15, 0.2) is 10.7 Å². The first-order valence-electron chi connectivity index (χ1n) is 7.74. The van der Waals surface area contributed by atoms with E-state index in [9.17, 15) is 0 Å².